The normalized spacial score (nSPS) is 9.74. The van der Waals surface area contributed by atoms with E-state index in [2.05, 4.69) is 5.32 Å². The Bertz CT molecular complexity index is 591. The summed E-state index contributed by atoms with van der Waals surface area (Å²) in [6.07, 6.45) is 0.632. The Kier molecular flexibility index (Phi) is 3.93. The molecule has 0 saturated heterocycles. The van der Waals surface area contributed by atoms with Crippen LogP contribution in [0.1, 0.15) is 10.4 Å². The summed E-state index contributed by atoms with van der Waals surface area (Å²) < 4.78 is 4.69. The van der Waals surface area contributed by atoms with Gasteiger partial charge in [-0.05, 0) is 35.4 Å². The minimum atomic E-state index is -0.360. The third-order valence-corrected chi connectivity index (χ3v) is 2.73. The molecule has 96 valence electrons. The van der Waals surface area contributed by atoms with Crippen molar-refractivity contribution in [1.82, 2.24) is 0 Å². The Morgan fingerprint density at radius 1 is 1.11 bits per heavy atom. The van der Waals surface area contributed by atoms with Gasteiger partial charge in [0.2, 0.25) is 6.41 Å². The zero-order valence-electron chi connectivity index (χ0n) is 10.4. The highest BCUT2D eigenvalue weighted by atomic mass is 16.5. The van der Waals surface area contributed by atoms with Crippen LogP contribution in [0.4, 0.5) is 5.69 Å². The van der Waals surface area contributed by atoms with Crippen molar-refractivity contribution in [3.63, 3.8) is 0 Å². The van der Waals surface area contributed by atoms with Crippen molar-refractivity contribution in [1.29, 1.82) is 0 Å². The molecule has 0 aromatic heterocycles. The van der Waals surface area contributed by atoms with E-state index < -0.39 is 0 Å². The van der Waals surface area contributed by atoms with Crippen LogP contribution < -0.4 is 5.32 Å². The number of amides is 1. The second-order valence-corrected chi connectivity index (χ2v) is 3.91. The van der Waals surface area contributed by atoms with Crippen LogP contribution in [0.3, 0.4) is 0 Å². The fourth-order valence-corrected chi connectivity index (χ4v) is 1.77. The molecule has 0 heterocycles. The van der Waals surface area contributed by atoms with E-state index in [9.17, 15) is 9.59 Å². The number of anilines is 1. The number of hydrogen-bond donors (Lipinski definition) is 1. The molecule has 0 atom stereocenters. The maximum Gasteiger partial charge on any atom is 0.337 e. The predicted molar refractivity (Wildman–Crippen MR) is 72.9 cm³/mol. The van der Waals surface area contributed by atoms with Crippen molar-refractivity contribution < 1.29 is 14.3 Å². The summed E-state index contributed by atoms with van der Waals surface area (Å²) >= 11 is 0. The summed E-state index contributed by atoms with van der Waals surface area (Å²) in [7, 11) is 1.36. The van der Waals surface area contributed by atoms with Crippen molar-refractivity contribution in [2.75, 3.05) is 12.4 Å². The maximum atomic E-state index is 11.5. The number of methoxy groups -OCH3 is 1. The van der Waals surface area contributed by atoms with Gasteiger partial charge in [-0.15, -0.1) is 0 Å². The molecule has 0 aliphatic heterocycles. The van der Waals surface area contributed by atoms with Gasteiger partial charge in [-0.3, -0.25) is 4.79 Å². The largest absolute Gasteiger partial charge is 0.465 e. The maximum absolute atomic E-state index is 11.5. The molecule has 4 heteroatoms. The van der Waals surface area contributed by atoms with Gasteiger partial charge in [-0.25, -0.2) is 4.79 Å². The molecule has 19 heavy (non-hydrogen) atoms. The fraction of sp³-hybridized carbons (Fsp3) is 0.0667. The summed E-state index contributed by atoms with van der Waals surface area (Å²) in [6, 6.07) is 14.5. The van der Waals surface area contributed by atoms with Crippen molar-refractivity contribution in [3.8, 4) is 11.1 Å². The summed E-state index contributed by atoms with van der Waals surface area (Å²) in [4.78, 5) is 21.8. The van der Waals surface area contributed by atoms with E-state index in [1.165, 1.54) is 7.11 Å². The quantitative estimate of drug-likeness (QED) is 0.675. The zero-order chi connectivity index (χ0) is 13.7. The first-order valence-electron chi connectivity index (χ1n) is 5.73. The minimum absolute atomic E-state index is 0.360. The second kappa shape index (κ2) is 5.82. The number of carbonyl (C=O) groups excluding carboxylic acids is 2. The predicted octanol–water partition coefficient (Wildman–Crippen LogP) is 2.71. The molecule has 0 aliphatic rings. The van der Waals surface area contributed by atoms with Crippen LogP contribution >= 0.6 is 0 Å². The molecule has 0 aliphatic carbocycles. The van der Waals surface area contributed by atoms with Gasteiger partial charge in [0.25, 0.3) is 0 Å². The van der Waals surface area contributed by atoms with Crippen molar-refractivity contribution in [3.05, 3.63) is 54.1 Å². The molecule has 0 unspecified atom stereocenters. The molecule has 2 aromatic rings. The van der Waals surface area contributed by atoms with E-state index in [-0.39, 0.29) is 5.97 Å². The Hall–Kier alpha value is -2.62. The Morgan fingerprint density at radius 3 is 2.47 bits per heavy atom. The highest BCUT2D eigenvalue weighted by Crippen LogP contribution is 2.22. The summed E-state index contributed by atoms with van der Waals surface area (Å²) in [5.41, 5.74) is 3.11. The van der Waals surface area contributed by atoms with Crippen molar-refractivity contribution >= 4 is 18.1 Å². The fourth-order valence-electron chi connectivity index (χ4n) is 1.77. The molecule has 0 spiro atoms. The Balaban J connectivity index is 2.30. The lowest BCUT2D eigenvalue weighted by molar-refractivity contribution is -0.105. The number of ether oxygens (including phenoxy) is 1. The van der Waals surface area contributed by atoms with E-state index >= 15 is 0 Å². The van der Waals surface area contributed by atoms with E-state index in [1.807, 2.05) is 18.2 Å². The van der Waals surface area contributed by atoms with Crippen molar-refractivity contribution in [2.45, 2.75) is 0 Å². The van der Waals surface area contributed by atoms with Gasteiger partial charge in [0.05, 0.1) is 12.7 Å². The summed E-state index contributed by atoms with van der Waals surface area (Å²) in [5, 5.41) is 2.57. The number of rotatable bonds is 4. The van der Waals surface area contributed by atoms with E-state index in [0.717, 1.165) is 16.8 Å². The topological polar surface area (TPSA) is 55.4 Å². The first-order valence-corrected chi connectivity index (χ1v) is 5.73. The summed E-state index contributed by atoms with van der Waals surface area (Å²) in [5.74, 6) is -0.360. The SMILES string of the molecule is COC(=O)c1cccc(-c2ccc(NC=O)cc2)c1. The molecule has 2 aromatic carbocycles. The summed E-state index contributed by atoms with van der Waals surface area (Å²) in [6.45, 7) is 0. The minimum Gasteiger partial charge on any atom is -0.465 e. The van der Waals surface area contributed by atoms with Crippen LogP contribution in [0.15, 0.2) is 48.5 Å². The average Bonchev–Trinajstić information content (AvgIpc) is 2.48. The number of nitrogens with one attached hydrogen (secondary N) is 1. The first-order chi connectivity index (χ1) is 9.24. The highest BCUT2D eigenvalue weighted by molar-refractivity contribution is 5.91. The number of benzene rings is 2. The molecular weight excluding hydrogens is 242 g/mol. The molecule has 0 fully saturated rings. The van der Waals surface area contributed by atoms with Crippen LogP contribution in [-0.2, 0) is 9.53 Å². The van der Waals surface area contributed by atoms with Gasteiger partial charge in [0, 0.05) is 5.69 Å². The number of carbonyl (C=O) groups is 2. The first kappa shape index (κ1) is 12.8. The van der Waals surface area contributed by atoms with Crippen molar-refractivity contribution in [2.24, 2.45) is 0 Å². The average molecular weight is 255 g/mol. The molecular formula is C15H13NO3. The Morgan fingerprint density at radius 2 is 1.84 bits per heavy atom. The van der Waals surface area contributed by atoms with Crippen LogP contribution in [0, 0.1) is 0 Å². The lowest BCUT2D eigenvalue weighted by Gasteiger charge is -2.05. The second-order valence-electron chi connectivity index (χ2n) is 3.91. The van der Waals surface area contributed by atoms with Gasteiger partial charge in [0.15, 0.2) is 0 Å². The molecule has 0 radical (unpaired) electrons. The zero-order valence-corrected chi connectivity index (χ0v) is 10.4. The molecule has 2 rings (SSSR count). The van der Waals surface area contributed by atoms with Gasteiger partial charge in [-0.1, -0.05) is 24.3 Å². The van der Waals surface area contributed by atoms with Gasteiger partial charge in [0.1, 0.15) is 0 Å². The lowest BCUT2D eigenvalue weighted by Crippen LogP contribution is -2.00. The van der Waals surface area contributed by atoms with Crippen LogP contribution in [0.25, 0.3) is 11.1 Å². The van der Waals surface area contributed by atoms with Gasteiger partial charge >= 0.3 is 5.97 Å². The molecule has 1 amide bonds. The third kappa shape index (κ3) is 2.98. The van der Waals surface area contributed by atoms with Crippen LogP contribution in [-0.4, -0.2) is 19.5 Å². The molecule has 4 nitrogen and oxygen atoms in total. The van der Waals surface area contributed by atoms with Gasteiger partial charge < -0.3 is 10.1 Å². The molecule has 0 saturated carbocycles. The standard InChI is InChI=1S/C15H13NO3/c1-19-15(18)13-4-2-3-12(9-13)11-5-7-14(8-6-11)16-10-17/h2-10H,1H3,(H,16,17). The lowest BCUT2D eigenvalue weighted by atomic mass is 10.0. The monoisotopic (exact) mass is 255 g/mol. The van der Waals surface area contributed by atoms with E-state index in [1.54, 1.807) is 30.3 Å². The van der Waals surface area contributed by atoms with Crippen LogP contribution in [0.5, 0.6) is 0 Å². The van der Waals surface area contributed by atoms with Crippen LogP contribution in [0.2, 0.25) is 0 Å². The number of esters is 1. The van der Waals surface area contributed by atoms with E-state index in [4.69, 9.17) is 4.74 Å². The Labute approximate surface area is 111 Å². The van der Waals surface area contributed by atoms with Gasteiger partial charge in [-0.2, -0.15) is 0 Å². The molecule has 1 N–H and O–H groups in total. The van der Waals surface area contributed by atoms with E-state index in [0.29, 0.717) is 12.0 Å². The third-order valence-electron chi connectivity index (χ3n) is 2.73. The molecule has 0 bridgehead atoms. The smallest absolute Gasteiger partial charge is 0.337 e. The highest BCUT2D eigenvalue weighted by Gasteiger charge is 2.06. The number of hydrogen-bond acceptors (Lipinski definition) is 3.